The highest BCUT2D eigenvalue weighted by Gasteiger charge is 2.54. The maximum atomic E-state index is 5.62. The Morgan fingerprint density at radius 2 is 0.982 bits per heavy atom. The van der Waals surface area contributed by atoms with Gasteiger partial charge >= 0.3 is 0 Å². The van der Waals surface area contributed by atoms with E-state index in [2.05, 4.69) is 199 Å². The summed E-state index contributed by atoms with van der Waals surface area (Å²) in [5, 5.41) is 2.53. The molecule has 0 radical (unpaired) electrons. The van der Waals surface area contributed by atoms with Gasteiger partial charge in [0.15, 0.2) is 0 Å². The van der Waals surface area contributed by atoms with Crippen molar-refractivity contribution >= 4 is 32.8 Å². The molecule has 3 nitrogen and oxygen atoms in total. The fraction of sp³-hybridized carbons (Fsp3) is 0.0755. The summed E-state index contributed by atoms with van der Waals surface area (Å²) in [6.45, 7) is 4.73. The van der Waals surface area contributed by atoms with Crippen LogP contribution in [0.15, 0.2) is 176 Å². The van der Waals surface area contributed by atoms with E-state index in [9.17, 15) is 0 Å². The summed E-state index contributed by atoms with van der Waals surface area (Å²) >= 11 is 0. The Balaban J connectivity index is 1.04. The molecule has 0 saturated carbocycles. The normalized spacial score (nSPS) is 14.9. The van der Waals surface area contributed by atoms with Crippen LogP contribution in [0.3, 0.4) is 0 Å². The molecule has 10 aromatic rings. The number of para-hydroxylation sites is 2. The molecule has 0 amide bonds. The molecule has 1 aliphatic heterocycles. The average molecular weight is 714 g/mol. The lowest BCUT2D eigenvalue weighted by Crippen LogP contribution is -2.27. The number of rotatable bonds is 2. The highest BCUT2D eigenvalue weighted by molar-refractivity contribution is 6.13. The van der Waals surface area contributed by atoms with E-state index in [1.165, 1.54) is 94.4 Å². The van der Waals surface area contributed by atoms with E-state index in [1.54, 1.807) is 0 Å². The second-order valence-electron chi connectivity index (χ2n) is 16.3. The number of hydrogen-bond donors (Lipinski definition) is 0. The molecule has 2 aliphatic carbocycles. The van der Waals surface area contributed by atoms with Crippen LogP contribution in [0, 0.1) is 0 Å². The lowest BCUT2D eigenvalue weighted by atomic mass is 9.73. The van der Waals surface area contributed by atoms with E-state index in [4.69, 9.17) is 4.98 Å². The van der Waals surface area contributed by atoms with Crippen molar-refractivity contribution in [1.82, 2.24) is 14.1 Å². The highest BCUT2D eigenvalue weighted by Crippen LogP contribution is 2.60. The van der Waals surface area contributed by atoms with Crippen molar-refractivity contribution in [3.05, 3.63) is 210 Å². The molecule has 0 N–H and O–H groups in total. The topological polar surface area (TPSA) is 22.8 Å². The molecule has 0 bridgehead atoms. The van der Waals surface area contributed by atoms with Gasteiger partial charge in [0.2, 0.25) is 0 Å². The van der Waals surface area contributed by atoms with Crippen molar-refractivity contribution in [2.45, 2.75) is 24.7 Å². The van der Waals surface area contributed by atoms with Crippen LogP contribution in [-0.4, -0.2) is 14.1 Å². The van der Waals surface area contributed by atoms with Crippen molar-refractivity contribution in [1.29, 1.82) is 0 Å². The Labute approximate surface area is 324 Å². The molecular weight excluding hydrogens is 679 g/mol. The van der Waals surface area contributed by atoms with Crippen LogP contribution in [0.4, 0.5) is 0 Å². The summed E-state index contributed by atoms with van der Waals surface area (Å²) in [5.41, 5.74) is 20.7. The Morgan fingerprint density at radius 3 is 1.71 bits per heavy atom. The van der Waals surface area contributed by atoms with Crippen LogP contribution in [-0.2, 0) is 10.8 Å². The van der Waals surface area contributed by atoms with Crippen LogP contribution in [0.1, 0.15) is 47.5 Å². The number of aromatic nitrogens is 3. The number of fused-ring (bicyclic) bond motifs is 18. The van der Waals surface area contributed by atoms with Gasteiger partial charge in [-0.05, 0) is 116 Å². The first-order valence-corrected chi connectivity index (χ1v) is 19.6. The molecule has 0 saturated heterocycles. The predicted molar refractivity (Wildman–Crippen MR) is 229 cm³/mol. The first kappa shape index (κ1) is 30.4. The average Bonchev–Trinajstić information content (AvgIpc) is 4.00. The minimum atomic E-state index is -0.478. The molecule has 2 aromatic heterocycles. The Kier molecular flexibility index (Phi) is 5.64. The van der Waals surface area contributed by atoms with Crippen LogP contribution < -0.4 is 0 Å². The largest absolute Gasteiger partial charge is 0.309 e. The third kappa shape index (κ3) is 3.57. The molecule has 3 heterocycles. The van der Waals surface area contributed by atoms with Gasteiger partial charge < -0.3 is 4.57 Å². The third-order valence-corrected chi connectivity index (χ3v) is 13.3. The molecule has 0 atom stereocenters. The van der Waals surface area contributed by atoms with Gasteiger partial charge in [0.25, 0.3) is 0 Å². The first-order chi connectivity index (χ1) is 27.5. The monoisotopic (exact) mass is 713 g/mol. The van der Waals surface area contributed by atoms with E-state index in [0.717, 1.165) is 16.9 Å². The van der Waals surface area contributed by atoms with Crippen molar-refractivity contribution < 1.29 is 0 Å². The van der Waals surface area contributed by atoms with Gasteiger partial charge in [-0.25, -0.2) is 4.98 Å². The Bertz CT molecular complexity index is 3290. The van der Waals surface area contributed by atoms with Crippen molar-refractivity contribution in [2.24, 2.45) is 0 Å². The molecular formula is C53H35N3. The molecule has 3 aliphatic rings. The molecule has 8 aromatic carbocycles. The molecule has 56 heavy (non-hydrogen) atoms. The minimum absolute atomic E-state index is 0.0781. The SMILES string of the molecule is CC1(C)c2ccccc2-c2cc3c4cc(-c5ccc6c(c5)nc5n6-c6ccccc6C56c5ccccc5-c5ccccc56)ccc4n(-c4ccccc4)c3cc21. The van der Waals surface area contributed by atoms with E-state index >= 15 is 0 Å². The number of benzene rings is 8. The molecule has 0 unspecified atom stereocenters. The summed E-state index contributed by atoms with van der Waals surface area (Å²) in [4.78, 5) is 5.62. The summed E-state index contributed by atoms with van der Waals surface area (Å²) in [5.74, 6) is 1.07. The summed E-state index contributed by atoms with van der Waals surface area (Å²) in [7, 11) is 0. The van der Waals surface area contributed by atoms with Crippen LogP contribution in [0.5, 0.6) is 0 Å². The van der Waals surface area contributed by atoms with E-state index in [0.29, 0.717) is 0 Å². The maximum absolute atomic E-state index is 5.62. The standard InChI is InChI=1S/C53H35N3/c1-52(2)41-19-9-6-18-37(41)38-30-40-39-28-32(24-26-47(39)55(50(40)31-45(38)52)34-14-4-3-5-15-34)33-25-27-49-46(29-33)54-51-53(44-22-12-13-23-48(44)56(49)51)42-20-10-7-16-35(42)36-17-8-11-21-43(36)53/h3-31H,1-2H3. The first-order valence-electron chi connectivity index (χ1n) is 19.6. The van der Waals surface area contributed by atoms with Gasteiger partial charge in [-0.1, -0.05) is 135 Å². The second kappa shape index (κ2) is 10.4. The minimum Gasteiger partial charge on any atom is -0.309 e. The highest BCUT2D eigenvalue weighted by atomic mass is 15.1. The molecule has 0 fully saturated rings. The van der Waals surface area contributed by atoms with Gasteiger partial charge in [0.1, 0.15) is 11.2 Å². The van der Waals surface area contributed by atoms with Gasteiger partial charge in [-0.15, -0.1) is 0 Å². The van der Waals surface area contributed by atoms with Gasteiger partial charge in [0, 0.05) is 21.9 Å². The van der Waals surface area contributed by atoms with E-state index < -0.39 is 5.41 Å². The van der Waals surface area contributed by atoms with Gasteiger partial charge in [0.05, 0.1) is 27.8 Å². The number of nitrogens with zero attached hydrogens (tertiary/aromatic N) is 3. The summed E-state index contributed by atoms with van der Waals surface area (Å²) in [6.07, 6.45) is 0. The molecule has 262 valence electrons. The third-order valence-electron chi connectivity index (χ3n) is 13.3. The van der Waals surface area contributed by atoms with Crippen LogP contribution >= 0.6 is 0 Å². The number of imidazole rings is 1. The summed E-state index contributed by atoms with van der Waals surface area (Å²) < 4.78 is 4.87. The van der Waals surface area contributed by atoms with E-state index in [1.807, 2.05) is 0 Å². The lowest BCUT2D eigenvalue weighted by Gasteiger charge is -2.27. The number of hydrogen-bond acceptors (Lipinski definition) is 1. The fourth-order valence-corrected chi connectivity index (χ4v) is 10.9. The van der Waals surface area contributed by atoms with Gasteiger partial charge in [-0.2, -0.15) is 0 Å². The van der Waals surface area contributed by atoms with Crippen LogP contribution in [0.2, 0.25) is 0 Å². The van der Waals surface area contributed by atoms with Crippen molar-refractivity contribution in [3.8, 4) is 44.8 Å². The van der Waals surface area contributed by atoms with Crippen molar-refractivity contribution in [3.63, 3.8) is 0 Å². The lowest BCUT2D eigenvalue weighted by molar-refractivity contribution is 0.661. The maximum Gasteiger partial charge on any atom is 0.134 e. The summed E-state index contributed by atoms with van der Waals surface area (Å²) in [6, 6.07) is 65.3. The molecule has 3 heteroatoms. The molecule has 13 rings (SSSR count). The predicted octanol–water partition coefficient (Wildman–Crippen LogP) is 12.8. The quantitative estimate of drug-likeness (QED) is 0.175. The van der Waals surface area contributed by atoms with E-state index in [-0.39, 0.29) is 5.41 Å². The zero-order valence-electron chi connectivity index (χ0n) is 31.1. The zero-order chi connectivity index (χ0) is 36.9. The molecule has 1 spiro atoms. The second-order valence-corrected chi connectivity index (χ2v) is 16.3. The zero-order valence-corrected chi connectivity index (χ0v) is 31.1. The van der Waals surface area contributed by atoms with Gasteiger partial charge in [-0.3, -0.25) is 4.57 Å². The fourth-order valence-electron chi connectivity index (χ4n) is 10.9. The van der Waals surface area contributed by atoms with Crippen LogP contribution in [0.25, 0.3) is 77.6 Å². The van der Waals surface area contributed by atoms with Crippen molar-refractivity contribution in [2.75, 3.05) is 0 Å². The Morgan fingerprint density at radius 1 is 0.411 bits per heavy atom. The Hall–Kier alpha value is -6.97. The smallest absolute Gasteiger partial charge is 0.134 e.